The van der Waals surface area contributed by atoms with Crippen LogP contribution < -0.4 is 38.4 Å². The summed E-state index contributed by atoms with van der Waals surface area (Å²) in [5, 5.41) is 17.4. The van der Waals surface area contributed by atoms with Gasteiger partial charge in [-0.1, -0.05) is 47.5 Å². The van der Waals surface area contributed by atoms with Crippen LogP contribution in [0.15, 0.2) is 48.5 Å². The van der Waals surface area contributed by atoms with Gasteiger partial charge in [-0.15, -0.1) is 0 Å². The molecule has 0 aliphatic heterocycles. The third-order valence-electron chi connectivity index (χ3n) is 3.26. The molecule has 14 nitrogen and oxygen atoms in total. The van der Waals surface area contributed by atoms with Gasteiger partial charge in [-0.05, 0) is 39.5 Å². The van der Waals surface area contributed by atoms with E-state index in [9.17, 15) is 47.6 Å². The second-order valence-corrected chi connectivity index (χ2v) is 14.2. The van der Waals surface area contributed by atoms with Crippen LogP contribution >= 0.6 is 53.6 Å². The number of aliphatic hydroxyl groups is 2. The molecule has 2 aromatic carbocycles. The van der Waals surface area contributed by atoms with Crippen LogP contribution in [0.25, 0.3) is 0 Å². The third-order valence-corrected chi connectivity index (χ3v) is 10.4. The molecule has 2 N–H and O–H groups in total. The second kappa shape index (κ2) is 17.8. The average Bonchev–Trinajstić information content (AvgIpc) is 2.69. The summed E-state index contributed by atoms with van der Waals surface area (Å²) in [7, 11) is -22.1. The summed E-state index contributed by atoms with van der Waals surface area (Å²) < 4.78 is 51.8. The molecule has 0 amide bonds. The topological polar surface area (TPSA) is 266 Å². The van der Waals surface area contributed by atoms with Crippen LogP contribution in [0.3, 0.4) is 0 Å². The number of halogens is 2. The molecule has 0 saturated heterocycles. The molecule has 37 heavy (non-hydrogen) atoms. The van der Waals surface area contributed by atoms with Gasteiger partial charge in [0.1, 0.15) is 11.5 Å². The molecule has 0 aliphatic carbocycles. The molecule has 4 atom stereocenters. The fraction of sp³-hybridized carbons (Fsp3) is 0.143. The molecule has 2 aromatic rings. The summed E-state index contributed by atoms with van der Waals surface area (Å²) in [6.45, 7) is 0. The zero-order chi connectivity index (χ0) is 26.5. The van der Waals surface area contributed by atoms with E-state index >= 15 is 0 Å². The van der Waals surface area contributed by atoms with E-state index in [0.29, 0.717) is 0 Å². The maximum absolute atomic E-state index is 11.2. The molecule has 4 unspecified atom stereocenters. The molecular weight excluding hydrogens is 1210 g/mol. The van der Waals surface area contributed by atoms with Gasteiger partial charge in [-0.3, -0.25) is 9.13 Å². The first-order valence-corrected chi connectivity index (χ1v) is 15.4. The zero-order valence-corrected chi connectivity index (χ0v) is 34.4. The molecule has 198 valence electrons. The Labute approximate surface area is 280 Å². The molecule has 2 rings (SSSR count). The van der Waals surface area contributed by atoms with E-state index in [1.54, 1.807) is 0 Å². The van der Waals surface area contributed by atoms with Crippen LogP contribution in [-0.4, -0.2) is 103 Å². The van der Waals surface area contributed by atoms with E-state index < -0.39 is 41.6 Å². The van der Waals surface area contributed by atoms with Gasteiger partial charge in [0, 0.05) is 0 Å². The van der Waals surface area contributed by atoms with Crippen LogP contribution in [0.4, 0.5) is 0 Å². The summed E-state index contributed by atoms with van der Waals surface area (Å²) in [4.78, 5) is 64.0. The Kier molecular flexibility index (Phi) is 20.9. The molecule has 0 saturated carbocycles. The summed E-state index contributed by atoms with van der Waals surface area (Å²) >= 11 is 11.1. The normalized spacial score (nSPS) is 15.8. The molecule has 0 aliphatic rings. The molecule has 0 bridgehead atoms. The number of hydrogen-bond donors (Lipinski definition) is 2. The van der Waals surface area contributed by atoms with Crippen molar-refractivity contribution in [1.82, 2.24) is 0 Å². The Bertz CT molecular complexity index is 1100. The minimum atomic E-state index is -5.72. The standard InChI is InChI=1S/2C7H9ClO7P2.3Pb/c2*8-5-3-1-2-4-6(5)15-17(13,14)7(9)16(10,11)12;;;/h2*1-4,7,9H,(H,13,14)(H2,10,11,12);;;/q;;3*+2/p-6. The van der Waals surface area contributed by atoms with E-state index in [1.165, 1.54) is 36.4 Å². The quantitative estimate of drug-likeness (QED) is 0.210. The minimum Gasteiger partial charge on any atom is -0.809 e. The van der Waals surface area contributed by atoms with Crippen molar-refractivity contribution in [2.24, 2.45) is 0 Å². The van der Waals surface area contributed by atoms with Crippen molar-refractivity contribution in [3.63, 3.8) is 0 Å². The van der Waals surface area contributed by atoms with Crippen LogP contribution in [0.5, 0.6) is 11.5 Å². The van der Waals surface area contributed by atoms with E-state index in [-0.39, 0.29) is 103 Å². The van der Waals surface area contributed by atoms with Crippen LogP contribution in [0.2, 0.25) is 10.0 Å². The SMILES string of the molecule is O=P([O-])([O-])C(O)P(=O)([O-])Oc1ccccc1Cl.O=P([O-])([O-])C(O)P(=O)([O-])Oc1ccccc1Cl.[Pb+2].[Pb+2].[Pb+2]. The maximum Gasteiger partial charge on any atom is 2.00 e. The molecule has 23 heteroatoms. The Morgan fingerprint density at radius 1 is 0.595 bits per heavy atom. The van der Waals surface area contributed by atoms with Crippen molar-refractivity contribution >= 4 is 135 Å². The van der Waals surface area contributed by atoms with Crippen molar-refractivity contribution < 1.29 is 66.9 Å². The zero-order valence-electron chi connectivity index (χ0n) is 17.6. The minimum absolute atomic E-state index is 0. The largest absolute Gasteiger partial charge is 2.00 e. The van der Waals surface area contributed by atoms with Crippen molar-refractivity contribution in [1.29, 1.82) is 0 Å². The van der Waals surface area contributed by atoms with Crippen molar-refractivity contribution in [2.45, 2.75) is 11.2 Å². The van der Waals surface area contributed by atoms with Gasteiger partial charge in [0.25, 0.3) is 0 Å². The van der Waals surface area contributed by atoms with E-state index in [4.69, 9.17) is 33.4 Å². The van der Waals surface area contributed by atoms with Crippen molar-refractivity contribution in [3.05, 3.63) is 58.6 Å². The molecule has 6 radical (unpaired) electrons. The van der Waals surface area contributed by atoms with Crippen molar-refractivity contribution in [2.75, 3.05) is 0 Å². The molecule has 0 heterocycles. The van der Waals surface area contributed by atoms with Gasteiger partial charge in [0.2, 0.25) is 15.2 Å². The average molecular weight is 1220 g/mol. The van der Waals surface area contributed by atoms with Gasteiger partial charge in [-0.2, -0.15) is 0 Å². The van der Waals surface area contributed by atoms with Gasteiger partial charge in [0.05, 0.1) is 10.0 Å². The fourth-order valence-electron chi connectivity index (χ4n) is 1.75. The molecular formula is C14H12Cl2O14P4Pb3. The van der Waals surface area contributed by atoms with Gasteiger partial charge >= 0.3 is 81.9 Å². The summed E-state index contributed by atoms with van der Waals surface area (Å²) in [6.07, 6.45) is 0. The molecule has 0 fully saturated rings. The number of hydrogen-bond acceptors (Lipinski definition) is 14. The van der Waals surface area contributed by atoms with Crippen LogP contribution in [0, 0.1) is 0 Å². The van der Waals surface area contributed by atoms with E-state index in [0.717, 1.165) is 12.1 Å². The van der Waals surface area contributed by atoms with E-state index in [2.05, 4.69) is 9.05 Å². The Morgan fingerprint density at radius 2 is 0.838 bits per heavy atom. The first-order chi connectivity index (χ1) is 15.3. The number of rotatable bonds is 8. The number of benzene rings is 2. The predicted octanol–water partition coefficient (Wildman–Crippen LogP) is -2.22. The summed E-state index contributed by atoms with van der Waals surface area (Å²) in [5.41, 5.74) is -6.29. The molecule has 0 aromatic heterocycles. The van der Waals surface area contributed by atoms with Crippen LogP contribution in [-0.2, 0) is 18.3 Å². The van der Waals surface area contributed by atoms with Gasteiger partial charge in [-0.25, -0.2) is 0 Å². The summed E-state index contributed by atoms with van der Waals surface area (Å²) in [6, 6.07) is 10.6. The fourth-order valence-corrected chi connectivity index (χ4v) is 6.32. The summed E-state index contributed by atoms with van der Waals surface area (Å²) in [5.74, 6) is -0.750. The Balaban J connectivity index is -0.000000578. The van der Waals surface area contributed by atoms with Crippen molar-refractivity contribution in [3.8, 4) is 11.5 Å². The Morgan fingerprint density at radius 3 is 1.05 bits per heavy atom. The molecule has 0 spiro atoms. The Hall–Kier alpha value is 1.99. The number of para-hydroxylation sites is 2. The maximum atomic E-state index is 11.2. The predicted molar refractivity (Wildman–Crippen MR) is 124 cm³/mol. The second-order valence-electron chi connectivity index (χ2n) is 5.90. The third kappa shape index (κ3) is 14.6. The first-order valence-electron chi connectivity index (χ1n) is 8.18. The van der Waals surface area contributed by atoms with E-state index in [1.807, 2.05) is 0 Å². The van der Waals surface area contributed by atoms with Gasteiger partial charge < -0.3 is 57.8 Å². The van der Waals surface area contributed by atoms with Gasteiger partial charge in [0.15, 0.2) is 11.2 Å². The first kappa shape index (κ1) is 43.4. The van der Waals surface area contributed by atoms with Crippen LogP contribution in [0.1, 0.15) is 0 Å². The number of aliphatic hydroxyl groups excluding tert-OH is 2. The monoisotopic (exact) mass is 1220 g/mol. The smallest absolute Gasteiger partial charge is 0.809 e.